The van der Waals surface area contributed by atoms with Crippen molar-refractivity contribution in [3.63, 3.8) is 0 Å². The van der Waals surface area contributed by atoms with Crippen LogP contribution < -0.4 is 10.1 Å². The molecular formula is C17H15ClN2O2. The molecule has 0 bridgehead atoms. The number of amides is 1. The number of carbonyl (C=O) groups is 1. The van der Waals surface area contributed by atoms with Gasteiger partial charge in [0.15, 0.2) is 0 Å². The molecule has 4 nitrogen and oxygen atoms in total. The molecule has 112 valence electrons. The van der Waals surface area contributed by atoms with Crippen molar-refractivity contribution >= 4 is 34.1 Å². The van der Waals surface area contributed by atoms with Gasteiger partial charge in [-0.25, -0.2) is 0 Å². The van der Waals surface area contributed by atoms with Crippen LogP contribution in [0.3, 0.4) is 0 Å². The molecule has 1 heterocycles. The number of aromatic nitrogens is 1. The molecule has 0 saturated heterocycles. The standard InChI is InChI=1S/C17H15ClN2O2/c1-22-15-5-6-16-12(9-15)7-8-20(16)11-17(21)19-14-4-2-3-13(18)10-14/h2-10H,11H2,1H3,(H,19,21). The molecule has 0 radical (unpaired) electrons. The van der Waals surface area contributed by atoms with E-state index in [4.69, 9.17) is 16.3 Å². The highest BCUT2D eigenvalue weighted by Gasteiger charge is 2.07. The predicted octanol–water partition coefficient (Wildman–Crippen LogP) is 3.94. The molecule has 0 saturated carbocycles. The summed E-state index contributed by atoms with van der Waals surface area (Å²) in [5.74, 6) is 0.698. The van der Waals surface area contributed by atoms with Crippen molar-refractivity contribution in [2.24, 2.45) is 0 Å². The van der Waals surface area contributed by atoms with Crippen molar-refractivity contribution < 1.29 is 9.53 Å². The summed E-state index contributed by atoms with van der Waals surface area (Å²) in [5.41, 5.74) is 1.68. The molecule has 2 aromatic carbocycles. The summed E-state index contributed by atoms with van der Waals surface area (Å²) in [4.78, 5) is 12.2. The summed E-state index contributed by atoms with van der Waals surface area (Å²) in [7, 11) is 1.64. The lowest BCUT2D eigenvalue weighted by molar-refractivity contribution is -0.116. The van der Waals surface area contributed by atoms with E-state index in [2.05, 4.69) is 5.32 Å². The first-order chi connectivity index (χ1) is 10.7. The van der Waals surface area contributed by atoms with E-state index >= 15 is 0 Å². The van der Waals surface area contributed by atoms with Crippen LogP contribution in [-0.2, 0) is 11.3 Å². The largest absolute Gasteiger partial charge is 0.497 e. The van der Waals surface area contributed by atoms with Crippen LogP contribution in [0.15, 0.2) is 54.7 Å². The van der Waals surface area contributed by atoms with Crippen molar-refractivity contribution in [1.82, 2.24) is 4.57 Å². The van der Waals surface area contributed by atoms with Crippen LogP contribution in [0.1, 0.15) is 0 Å². The van der Waals surface area contributed by atoms with Gasteiger partial charge < -0.3 is 14.6 Å². The lowest BCUT2D eigenvalue weighted by Gasteiger charge is -2.08. The second-order valence-corrected chi connectivity index (χ2v) is 5.36. The van der Waals surface area contributed by atoms with Gasteiger partial charge >= 0.3 is 0 Å². The minimum absolute atomic E-state index is 0.101. The normalized spacial score (nSPS) is 10.6. The van der Waals surface area contributed by atoms with Crippen molar-refractivity contribution in [3.05, 3.63) is 59.8 Å². The van der Waals surface area contributed by atoms with Crippen LogP contribution in [-0.4, -0.2) is 17.6 Å². The SMILES string of the molecule is COc1ccc2c(ccn2CC(=O)Nc2cccc(Cl)c2)c1. The highest BCUT2D eigenvalue weighted by atomic mass is 35.5. The topological polar surface area (TPSA) is 43.3 Å². The Kier molecular flexibility index (Phi) is 4.02. The lowest BCUT2D eigenvalue weighted by atomic mass is 10.2. The van der Waals surface area contributed by atoms with Crippen LogP contribution in [0.4, 0.5) is 5.69 Å². The number of hydrogen-bond acceptors (Lipinski definition) is 2. The van der Waals surface area contributed by atoms with E-state index in [-0.39, 0.29) is 12.5 Å². The molecule has 1 amide bonds. The van der Waals surface area contributed by atoms with E-state index in [1.165, 1.54) is 0 Å². The molecule has 3 rings (SSSR count). The Morgan fingerprint density at radius 2 is 2.09 bits per heavy atom. The molecule has 0 atom stereocenters. The maximum Gasteiger partial charge on any atom is 0.244 e. The maximum atomic E-state index is 12.2. The van der Waals surface area contributed by atoms with Gasteiger partial charge in [0.1, 0.15) is 12.3 Å². The van der Waals surface area contributed by atoms with Gasteiger partial charge in [0.25, 0.3) is 0 Å². The number of anilines is 1. The summed E-state index contributed by atoms with van der Waals surface area (Å²) in [6, 6.07) is 14.8. The molecule has 22 heavy (non-hydrogen) atoms. The molecule has 5 heteroatoms. The molecular weight excluding hydrogens is 300 g/mol. The molecule has 0 spiro atoms. The summed E-state index contributed by atoms with van der Waals surface area (Å²) >= 11 is 5.91. The number of fused-ring (bicyclic) bond motifs is 1. The smallest absolute Gasteiger partial charge is 0.244 e. The number of benzene rings is 2. The number of ether oxygens (including phenoxy) is 1. The first kappa shape index (κ1) is 14.5. The second kappa shape index (κ2) is 6.12. The molecule has 1 aromatic heterocycles. The number of nitrogens with one attached hydrogen (secondary N) is 1. The lowest BCUT2D eigenvalue weighted by Crippen LogP contribution is -2.18. The number of methoxy groups -OCH3 is 1. The van der Waals surface area contributed by atoms with Crippen molar-refractivity contribution in [3.8, 4) is 5.75 Å². The highest BCUT2D eigenvalue weighted by molar-refractivity contribution is 6.30. The molecule has 0 unspecified atom stereocenters. The van der Waals surface area contributed by atoms with E-state index in [1.54, 1.807) is 25.3 Å². The van der Waals surface area contributed by atoms with Gasteiger partial charge in [-0.15, -0.1) is 0 Å². The van der Waals surface area contributed by atoms with Crippen LogP contribution in [0, 0.1) is 0 Å². The zero-order valence-electron chi connectivity index (χ0n) is 12.0. The quantitative estimate of drug-likeness (QED) is 0.792. The van der Waals surface area contributed by atoms with E-state index in [0.717, 1.165) is 16.7 Å². The summed E-state index contributed by atoms with van der Waals surface area (Å²) < 4.78 is 7.10. The Hall–Kier alpha value is -2.46. The molecule has 0 fully saturated rings. The van der Waals surface area contributed by atoms with E-state index in [1.807, 2.05) is 41.1 Å². The second-order valence-electron chi connectivity index (χ2n) is 4.93. The Labute approximate surface area is 133 Å². The summed E-state index contributed by atoms with van der Waals surface area (Å²) in [6.45, 7) is 0.238. The number of nitrogens with zero attached hydrogens (tertiary/aromatic N) is 1. The first-order valence-electron chi connectivity index (χ1n) is 6.84. The minimum atomic E-state index is -0.101. The van der Waals surface area contributed by atoms with Crippen molar-refractivity contribution in [2.45, 2.75) is 6.54 Å². The van der Waals surface area contributed by atoms with E-state index in [9.17, 15) is 4.79 Å². The Balaban J connectivity index is 1.76. The predicted molar refractivity (Wildman–Crippen MR) is 88.6 cm³/mol. The van der Waals surface area contributed by atoms with Crippen LogP contribution in [0.5, 0.6) is 5.75 Å². The minimum Gasteiger partial charge on any atom is -0.497 e. The van der Waals surface area contributed by atoms with Crippen molar-refractivity contribution in [2.75, 3.05) is 12.4 Å². The van der Waals surface area contributed by atoms with Crippen LogP contribution >= 0.6 is 11.6 Å². The molecule has 1 N–H and O–H groups in total. The Bertz CT molecular complexity index is 826. The van der Waals surface area contributed by atoms with Gasteiger partial charge in [0.2, 0.25) is 5.91 Å². The zero-order valence-corrected chi connectivity index (χ0v) is 12.8. The fourth-order valence-corrected chi connectivity index (χ4v) is 2.55. The van der Waals surface area contributed by atoms with Gasteiger partial charge in [-0.2, -0.15) is 0 Å². The molecule has 0 aliphatic heterocycles. The molecule has 0 aliphatic carbocycles. The fourth-order valence-electron chi connectivity index (χ4n) is 2.36. The van der Waals surface area contributed by atoms with Gasteiger partial charge in [-0.05, 0) is 42.5 Å². The number of rotatable bonds is 4. The number of hydrogen-bond donors (Lipinski definition) is 1. The number of carbonyl (C=O) groups excluding carboxylic acids is 1. The van der Waals surface area contributed by atoms with Crippen LogP contribution in [0.2, 0.25) is 5.02 Å². The first-order valence-corrected chi connectivity index (χ1v) is 7.22. The Morgan fingerprint density at radius 3 is 2.86 bits per heavy atom. The Morgan fingerprint density at radius 1 is 1.23 bits per heavy atom. The fraction of sp³-hybridized carbons (Fsp3) is 0.118. The maximum absolute atomic E-state index is 12.2. The average molecular weight is 315 g/mol. The molecule has 3 aromatic rings. The van der Waals surface area contributed by atoms with Gasteiger partial charge in [0.05, 0.1) is 7.11 Å². The van der Waals surface area contributed by atoms with E-state index < -0.39 is 0 Å². The van der Waals surface area contributed by atoms with Gasteiger partial charge in [-0.1, -0.05) is 17.7 Å². The van der Waals surface area contributed by atoms with E-state index in [0.29, 0.717) is 10.7 Å². The molecule has 0 aliphatic rings. The number of halogens is 1. The highest BCUT2D eigenvalue weighted by Crippen LogP contribution is 2.22. The third kappa shape index (κ3) is 3.07. The average Bonchev–Trinajstić information content (AvgIpc) is 2.89. The summed E-state index contributed by atoms with van der Waals surface area (Å²) in [6.07, 6.45) is 1.89. The van der Waals surface area contributed by atoms with Gasteiger partial charge in [-0.3, -0.25) is 4.79 Å². The van der Waals surface area contributed by atoms with Gasteiger partial charge in [0, 0.05) is 27.8 Å². The summed E-state index contributed by atoms with van der Waals surface area (Å²) in [5, 5.41) is 4.47. The monoisotopic (exact) mass is 314 g/mol. The third-order valence-corrected chi connectivity index (χ3v) is 3.64. The third-order valence-electron chi connectivity index (χ3n) is 3.40. The zero-order chi connectivity index (χ0) is 15.5. The van der Waals surface area contributed by atoms with Crippen molar-refractivity contribution in [1.29, 1.82) is 0 Å². The van der Waals surface area contributed by atoms with Crippen LogP contribution in [0.25, 0.3) is 10.9 Å².